The van der Waals surface area contributed by atoms with E-state index in [1.165, 1.54) is 44.6 Å². The van der Waals surface area contributed by atoms with E-state index in [4.69, 9.17) is 29.0 Å². The molecule has 382 valence electrons. The summed E-state index contributed by atoms with van der Waals surface area (Å²) >= 11 is 0. The van der Waals surface area contributed by atoms with Gasteiger partial charge in [0, 0.05) is 19.0 Å². The number of hydrogen-bond acceptors (Lipinski definition) is 16. The molecule has 2 unspecified atom stereocenters. The summed E-state index contributed by atoms with van der Waals surface area (Å²) in [7, 11) is -10.9. The van der Waals surface area contributed by atoms with Gasteiger partial charge in [-0.2, -0.15) is 9.29 Å². The van der Waals surface area contributed by atoms with Gasteiger partial charge in [0.05, 0.1) is 19.3 Å². The average molecular weight is 990 g/mol. The third-order valence-electron chi connectivity index (χ3n) is 10.4. The summed E-state index contributed by atoms with van der Waals surface area (Å²) in [4.78, 5) is 61.7. The van der Waals surface area contributed by atoms with E-state index in [1.54, 1.807) is 12.2 Å². The van der Waals surface area contributed by atoms with Crippen molar-refractivity contribution in [1.82, 2.24) is 9.55 Å². The van der Waals surface area contributed by atoms with Crippen LogP contribution >= 0.6 is 15.6 Å². The van der Waals surface area contributed by atoms with E-state index in [0.29, 0.717) is 38.0 Å². The Balaban J connectivity index is 1.86. The van der Waals surface area contributed by atoms with Gasteiger partial charge in [-0.3, -0.25) is 23.2 Å². The number of rotatable bonds is 37. The van der Waals surface area contributed by atoms with Gasteiger partial charge in [-0.25, -0.2) is 13.9 Å². The second kappa shape index (κ2) is 34.1. The molecule has 0 spiro atoms. The highest BCUT2D eigenvalue weighted by atomic mass is 31.3. The number of nitrogens with two attached hydrogens (primary N) is 1. The Labute approximate surface area is 395 Å². The first kappa shape index (κ1) is 59.8. The van der Waals surface area contributed by atoms with Crippen molar-refractivity contribution in [2.24, 2.45) is 5.92 Å². The van der Waals surface area contributed by atoms with Gasteiger partial charge in [-0.1, -0.05) is 134 Å². The minimum atomic E-state index is -5.44. The van der Waals surface area contributed by atoms with E-state index in [-0.39, 0.29) is 18.7 Å². The molecule has 1 aliphatic rings. The molecule has 21 heteroatoms. The summed E-state index contributed by atoms with van der Waals surface area (Å²) in [6.45, 7) is 4.20. The summed E-state index contributed by atoms with van der Waals surface area (Å²) < 4.78 is 56.5. The Hall–Kier alpha value is -3.32. The zero-order valence-corrected chi connectivity index (χ0v) is 41.3. The molecule has 0 amide bonds. The zero-order chi connectivity index (χ0) is 49.5. The highest BCUT2D eigenvalue weighted by Gasteiger charge is 2.46. The van der Waals surface area contributed by atoms with Gasteiger partial charge in [-0.05, 0) is 56.9 Å². The summed E-state index contributed by atoms with van der Waals surface area (Å²) in [5.41, 5.74) is 4.57. The van der Waals surface area contributed by atoms with Crippen LogP contribution in [0.5, 0.6) is 0 Å². The Morgan fingerprint density at radius 2 is 1.49 bits per heavy atom. The number of phosphoric ester groups is 2. The topological polar surface area (TPSA) is 286 Å². The van der Waals surface area contributed by atoms with Crippen molar-refractivity contribution in [2.45, 2.75) is 180 Å². The number of esters is 2. The molecule has 0 radical (unpaired) electrons. The number of aliphatic hydroxyl groups is 3. The zero-order valence-electron chi connectivity index (χ0n) is 39.5. The smallest absolute Gasteiger partial charge is 0.462 e. The molecule has 7 N–H and O–H groups in total. The number of carbonyl (C=O) groups is 2. The molecule has 0 aromatic carbocycles. The van der Waals surface area contributed by atoms with Gasteiger partial charge in [-0.15, -0.1) is 0 Å². The van der Waals surface area contributed by atoms with E-state index in [9.17, 15) is 48.6 Å². The van der Waals surface area contributed by atoms with Gasteiger partial charge in [0.1, 0.15) is 30.7 Å². The SMILES string of the molecule is CCCCC/C=C\C[C@@H](O)/C=C/C=C\C/C=C\CCCC(=O)OC[C@H](COP(=O)(O)OP(=O)(O)OC[C@H]1O[C@@H](n2ccc(N)nc2=O)[C@H](O)[C@@H]1O)OC(=O)CCCCCCCCCCC(C)C. The first-order valence-corrected chi connectivity index (χ1v) is 26.6. The molecule has 19 nitrogen and oxygen atoms in total. The number of allylic oxidation sites excluding steroid dienone is 6. The molecule has 8 atom stereocenters. The maximum Gasteiger partial charge on any atom is 0.481 e. The monoisotopic (exact) mass is 989 g/mol. The molecular weight excluding hydrogens is 912 g/mol. The average Bonchev–Trinajstić information content (AvgIpc) is 3.54. The molecule has 0 aliphatic carbocycles. The van der Waals surface area contributed by atoms with Crippen molar-refractivity contribution in [3.05, 3.63) is 71.4 Å². The lowest BCUT2D eigenvalue weighted by Crippen LogP contribution is -2.36. The van der Waals surface area contributed by atoms with Gasteiger partial charge in [0.25, 0.3) is 0 Å². The number of aromatic nitrogens is 2. The van der Waals surface area contributed by atoms with Crippen LogP contribution in [0.2, 0.25) is 0 Å². The number of carbonyl (C=O) groups excluding carboxylic acids is 2. The predicted molar refractivity (Wildman–Crippen MR) is 253 cm³/mol. The molecular formula is C46H77N3O16P2. The summed E-state index contributed by atoms with van der Waals surface area (Å²) in [5.74, 6) is -0.711. The molecule has 0 bridgehead atoms. The highest BCUT2D eigenvalue weighted by Crippen LogP contribution is 2.60. The number of ether oxygens (including phenoxy) is 3. The molecule has 0 saturated carbocycles. The second-order valence-corrected chi connectivity index (χ2v) is 20.0. The van der Waals surface area contributed by atoms with Crippen molar-refractivity contribution in [3.63, 3.8) is 0 Å². The predicted octanol–water partition coefficient (Wildman–Crippen LogP) is 7.82. The largest absolute Gasteiger partial charge is 0.481 e. The summed E-state index contributed by atoms with van der Waals surface area (Å²) in [5, 5.41) is 30.9. The molecule has 1 aliphatic heterocycles. The highest BCUT2D eigenvalue weighted by molar-refractivity contribution is 7.61. The van der Waals surface area contributed by atoms with Crippen LogP contribution in [0.3, 0.4) is 0 Å². The molecule has 1 aromatic rings. The maximum atomic E-state index is 12.8. The summed E-state index contributed by atoms with van der Waals surface area (Å²) in [6, 6.07) is 1.24. The minimum absolute atomic E-state index is 0.0184. The lowest BCUT2D eigenvalue weighted by atomic mass is 10.0. The van der Waals surface area contributed by atoms with E-state index in [2.05, 4.69) is 36.1 Å². The van der Waals surface area contributed by atoms with Crippen molar-refractivity contribution >= 4 is 33.4 Å². The molecule has 1 aromatic heterocycles. The first-order valence-electron chi connectivity index (χ1n) is 23.6. The van der Waals surface area contributed by atoms with Gasteiger partial charge >= 0.3 is 33.3 Å². The number of nitrogens with zero attached hydrogens (tertiary/aromatic N) is 2. The molecule has 2 rings (SSSR count). The van der Waals surface area contributed by atoms with Crippen LogP contribution in [-0.4, -0.2) is 96.9 Å². The molecule has 2 heterocycles. The molecule has 67 heavy (non-hydrogen) atoms. The number of nitrogen functional groups attached to an aromatic ring is 1. The Morgan fingerprint density at radius 1 is 0.836 bits per heavy atom. The fraction of sp³-hybridized carbons (Fsp3) is 0.696. The number of phosphoric acid groups is 2. The van der Waals surface area contributed by atoms with Crippen LogP contribution in [0.15, 0.2) is 65.7 Å². The van der Waals surface area contributed by atoms with Gasteiger partial charge in [0.2, 0.25) is 0 Å². The molecule has 1 fully saturated rings. The van der Waals surface area contributed by atoms with Crippen molar-refractivity contribution in [3.8, 4) is 0 Å². The lowest BCUT2D eigenvalue weighted by molar-refractivity contribution is -0.161. The second-order valence-electron chi connectivity index (χ2n) is 16.9. The normalized spacial score (nSPS) is 20.6. The van der Waals surface area contributed by atoms with Crippen molar-refractivity contribution in [1.29, 1.82) is 0 Å². The number of anilines is 1. The third kappa shape index (κ3) is 28.1. The minimum Gasteiger partial charge on any atom is -0.462 e. The van der Waals surface area contributed by atoms with Crippen LogP contribution in [0.1, 0.15) is 149 Å². The van der Waals surface area contributed by atoms with Gasteiger partial charge in [0.15, 0.2) is 12.3 Å². The van der Waals surface area contributed by atoms with E-state index < -0.39 is 89.8 Å². The van der Waals surface area contributed by atoms with Crippen LogP contribution in [-0.2, 0) is 46.3 Å². The van der Waals surface area contributed by atoms with E-state index in [0.717, 1.165) is 49.3 Å². The fourth-order valence-electron chi connectivity index (χ4n) is 6.69. The number of aliphatic hydroxyl groups excluding tert-OH is 3. The third-order valence-corrected chi connectivity index (χ3v) is 13.0. The van der Waals surface area contributed by atoms with Crippen molar-refractivity contribution < 1.29 is 71.4 Å². The van der Waals surface area contributed by atoms with Crippen LogP contribution in [0, 0.1) is 5.92 Å². The maximum absolute atomic E-state index is 12.8. The standard InChI is InChI=1S/C46H77N3O16P2/c1-4-5-6-7-17-22-27-37(50)28-23-18-13-9-11-14-19-24-29-41(51)60-33-38(63-42(52)30-25-20-15-10-8-12-16-21-26-36(2)3)34-61-66(56,57)65-67(58,59)62-35-39-43(53)44(54)45(64-39)49-32-31-40(47)48-46(49)55/h11,13-14,17-18,22-23,28,31-32,36-39,43-45,50,53-54H,4-10,12,15-16,19-21,24-27,29-30,33-35H2,1-3H3,(H,56,57)(H,58,59)(H2,47,48,55)/b14-11-,18-13-,22-17-,28-23+/t37-,38-,39-,43-,44-,45-/m1/s1. The molecule has 1 saturated heterocycles. The van der Waals surface area contributed by atoms with Crippen LogP contribution in [0.25, 0.3) is 0 Å². The Bertz CT molecular complexity index is 1840. The first-order chi connectivity index (χ1) is 31.9. The lowest BCUT2D eigenvalue weighted by Gasteiger charge is -2.21. The number of unbranched alkanes of at least 4 members (excludes halogenated alkanes) is 11. The van der Waals surface area contributed by atoms with E-state index >= 15 is 0 Å². The fourth-order valence-corrected chi connectivity index (χ4v) is 8.80. The van der Waals surface area contributed by atoms with Crippen LogP contribution < -0.4 is 11.4 Å². The van der Waals surface area contributed by atoms with Gasteiger partial charge < -0.3 is 45.1 Å². The quantitative estimate of drug-likeness (QED) is 0.0122. The summed E-state index contributed by atoms with van der Waals surface area (Å²) in [6.07, 6.45) is 24.1. The van der Waals surface area contributed by atoms with E-state index in [1.807, 2.05) is 30.4 Å². The Kier molecular flexibility index (Phi) is 30.4. The Morgan fingerprint density at radius 3 is 2.19 bits per heavy atom. The number of hydrogen-bond donors (Lipinski definition) is 6. The van der Waals surface area contributed by atoms with Crippen LogP contribution in [0.4, 0.5) is 5.82 Å². The van der Waals surface area contributed by atoms with Crippen molar-refractivity contribution in [2.75, 3.05) is 25.6 Å².